The number of nitrogens with zero attached hydrogens (tertiary/aromatic N) is 4. The van der Waals surface area contributed by atoms with Crippen LogP contribution >= 0.6 is 0 Å². The Balaban J connectivity index is 1.64. The van der Waals surface area contributed by atoms with E-state index in [1.165, 1.54) is 0 Å². The SMILES string of the molecule is Cc1nc(N2CCOCC2)ccc1Nc1ncnc2c(C)cccc12. The van der Waals surface area contributed by atoms with Gasteiger partial charge in [0.2, 0.25) is 0 Å². The number of hydrogen-bond donors (Lipinski definition) is 1. The van der Waals surface area contributed by atoms with Gasteiger partial charge >= 0.3 is 0 Å². The third-order valence-electron chi connectivity index (χ3n) is 4.53. The van der Waals surface area contributed by atoms with Gasteiger partial charge in [0.25, 0.3) is 0 Å². The zero-order chi connectivity index (χ0) is 17.2. The maximum atomic E-state index is 5.41. The lowest BCUT2D eigenvalue weighted by atomic mass is 10.1. The summed E-state index contributed by atoms with van der Waals surface area (Å²) >= 11 is 0. The molecule has 0 bridgehead atoms. The van der Waals surface area contributed by atoms with Crippen LogP contribution in [0.15, 0.2) is 36.7 Å². The molecule has 1 N–H and O–H groups in total. The first-order valence-electron chi connectivity index (χ1n) is 8.50. The van der Waals surface area contributed by atoms with Gasteiger partial charge < -0.3 is 15.0 Å². The van der Waals surface area contributed by atoms with Crippen LogP contribution in [0.25, 0.3) is 10.9 Å². The van der Waals surface area contributed by atoms with Crippen molar-refractivity contribution in [1.29, 1.82) is 0 Å². The van der Waals surface area contributed by atoms with Gasteiger partial charge in [0, 0.05) is 18.5 Å². The molecule has 0 aliphatic carbocycles. The van der Waals surface area contributed by atoms with Gasteiger partial charge in [-0.25, -0.2) is 15.0 Å². The van der Waals surface area contributed by atoms with Crippen molar-refractivity contribution in [2.24, 2.45) is 0 Å². The summed E-state index contributed by atoms with van der Waals surface area (Å²) in [6.45, 7) is 7.36. The summed E-state index contributed by atoms with van der Waals surface area (Å²) in [7, 11) is 0. The highest BCUT2D eigenvalue weighted by Crippen LogP contribution is 2.27. The Labute approximate surface area is 146 Å². The Bertz CT molecular complexity index is 905. The van der Waals surface area contributed by atoms with E-state index < -0.39 is 0 Å². The molecule has 1 aliphatic heterocycles. The molecule has 0 spiro atoms. The van der Waals surface area contributed by atoms with E-state index in [0.29, 0.717) is 0 Å². The second kappa shape index (κ2) is 6.64. The molecule has 6 nitrogen and oxygen atoms in total. The molecule has 0 saturated carbocycles. The number of fused-ring (bicyclic) bond motifs is 1. The zero-order valence-corrected chi connectivity index (χ0v) is 14.5. The minimum atomic E-state index is 0.757. The summed E-state index contributed by atoms with van der Waals surface area (Å²) in [5.41, 5.74) is 4.01. The van der Waals surface area contributed by atoms with Crippen LogP contribution in [0.5, 0.6) is 0 Å². The number of morpholine rings is 1. The normalized spacial score (nSPS) is 14.7. The molecule has 0 radical (unpaired) electrons. The fourth-order valence-corrected chi connectivity index (χ4v) is 3.11. The Morgan fingerprint density at radius 3 is 2.68 bits per heavy atom. The number of anilines is 3. The largest absolute Gasteiger partial charge is 0.378 e. The first-order valence-corrected chi connectivity index (χ1v) is 8.50. The average Bonchev–Trinajstić information content (AvgIpc) is 2.65. The zero-order valence-electron chi connectivity index (χ0n) is 14.5. The number of aromatic nitrogens is 3. The number of nitrogens with one attached hydrogen (secondary N) is 1. The lowest BCUT2D eigenvalue weighted by Crippen LogP contribution is -2.36. The lowest BCUT2D eigenvalue weighted by Gasteiger charge is -2.28. The van der Waals surface area contributed by atoms with Crippen LogP contribution in [0.4, 0.5) is 17.3 Å². The summed E-state index contributed by atoms with van der Waals surface area (Å²) in [6, 6.07) is 10.2. The first-order chi connectivity index (χ1) is 12.2. The van der Waals surface area contributed by atoms with Gasteiger partial charge in [-0.15, -0.1) is 0 Å². The van der Waals surface area contributed by atoms with Crippen molar-refractivity contribution in [2.45, 2.75) is 13.8 Å². The maximum absolute atomic E-state index is 5.41. The molecule has 0 atom stereocenters. The van der Waals surface area contributed by atoms with Crippen LogP contribution in [0.1, 0.15) is 11.3 Å². The molecule has 3 aromatic rings. The Hall–Kier alpha value is -2.73. The molecule has 1 aromatic carbocycles. The predicted molar refractivity (Wildman–Crippen MR) is 99.6 cm³/mol. The number of ether oxygens (including phenoxy) is 1. The number of pyridine rings is 1. The standard InChI is InChI=1S/C19H21N5O/c1-13-4-3-5-15-18(13)20-12-21-19(15)23-16-6-7-17(22-14(16)2)24-8-10-25-11-9-24/h3-7,12H,8-11H2,1-2H3,(H,20,21,23). The van der Waals surface area contributed by atoms with Crippen LogP contribution in [0, 0.1) is 13.8 Å². The summed E-state index contributed by atoms with van der Waals surface area (Å²) in [5, 5.41) is 4.43. The van der Waals surface area contributed by atoms with Gasteiger partial charge in [0.05, 0.1) is 30.1 Å². The second-order valence-corrected chi connectivity index (χ2v) is 6.22. The van der Waals surface area contributed by atoms with E-state index in [-0.39, 0.29) is 0 Å². The highest BCUT2D eigenvalue weighted by Gasteiger charge is 2.14. The molecule has 25 heavy (non-hydrogen) atoms. The van der Waals surface area contributed by atoms with E-state index in [4.69, 9.17) is 9.72 Å². The van der Waals surface area contributed by atoms with Gasteiger partial charge in [-0.05, 0) is 37.6 Å². The predicted octanol–water partition coefficient (Wildman–Crippen LogP) is 3.22. The fourth-order valence-electron chi connectivity index (χ4n) is 3.11. The summed E-state index contributed by atoms with van der Waals surface area (Å²) in [5.74, 6) is 1.80. The molecule has 1 aliphatic rings. The minimum absolute atomic E-state index is 0.757. The Kier molecular flexibility index (Phi) is 4.19. The fraction of sp³-hybridized carbons (Fsp3) is 0.316. The van der Waals surface area contributed by atoms with E-state index in [1.807, 2.05) is 19.1 Å². The summed E-state index contributed by atoms with van der Waals surface area (Å²) in [4.78, 5) is 15.8. The number of para-hydroxylation sites is 1. The molecule has 0 unspecified atom stereocenters. The number of hydrogen-bond acceptors (Lipinski definition) is 6. The van der Waals surface area contributed by atoms with Crippen molar-refractivity contribution in [3.05, 3.63) is 47.9 Å². The topological polar surface area (TPSA) is 63.2 Å². The van der Waals surface area contributed by atoms with Crippen LogP contribution in [0.3, 0.4) is 0 Å². The number of benzene rings is 1. The summed E-state index contributed by atoms with van der Waals surface area (Å²) in [6.07, 6.45) is 1.60. The van der Waals surface area contributed by atoms with E-state index in [9.17, 15) is 0 Å². The molecular formula is C19H21N5O. The molecule has 1 fully saturated rings. The van der Waals surface area contributed by atoms with Crippen molar-refractivity contribution >= 4 is 28.2 Å². The van der Waals surface area contributed by atoms with Crippen LogP contribution in [-0.4, -0.2) is 41.3 Å². The van der Waals surface area contributed by atoms with Gasteiger partial charge in [0.1, 0.15) is 18.0 Å². The van der Waals surface area contributed by atoms with Gasteiger partial charge in [0.15, 0.2) is 0 Å². The van der Waals surface area contributed by atoms with Crippen LogP contribution < -0.4 is 10.2 Å². The van der Waals surface area contributed by atoms with Gasteiger partial charge in [-0.3, -0.25) is 0 Å². The quantitative estimate of drug-likeness (QED) is 0.793. The number of aryl methyl sites for hydroxylation is 2. The third kappa shape index (κ3) is 3.13. The van der Waals surface area contributed by atoms with Crippen LogP contribution in [-0.2, 0) is 4.74 Å². The van der Waals surface area contributed by atoms with E-state index in [1.54, 1.807) is 6.33 Å². The molecule has 2 aromatic heterocycles. The maximum Gasteiger partial charge on any atom is 0.141 e. The highest BCUT2D eigenvalue weighted by molar-refractivity contribution is 5.92. The van der Waals surface area contributed by atoms with Crippen molar-refractivity contribution in [1.82, 2.24) is 15.0 Å². The molecule has 4 rings (SSSR count). The molecule has 6 heteroatoms. The van der Waals surface area contributed by atoms with Crippen molar-refractivity contribution < 1.29 is 4.74 Å². The third-order valence-corrected chi connectivity index (χ3v) is 4.53. The average molecular weight is 335 g/mol. The first kappa shape index (κ1) is 15.8. The van der Waals surface area contributed by atoms with Crippen molar-refractivity contribution in [3.8, 4) is 0 Å². The van der Waals surface area contributed by atoms with Crippen molar-refractivity contribution in [2.75, 3.05) is 36.5 Å². The van der Waals surface area contributed by atoms with Gasteiger partial charge in [-0.1, -0.05) is 12.1 Å². The molecule has 1 saturated heterocycles. The molecule has 0 amide bonds. The monoisotopic (exact) mass is 335 g/mol. The van der Waals surface area contributed by atoms with E-state index in [0.717, 1.165) is 65.8 Å². The Morgan fingerprint density at radius 2 is 1.88 bits per heavy atom. The molecule has 128 valence electrons. The molecule has 3 heterocycles. The Morgan fingerprint density at radius 1 is 1.04 bits per heavy atom. The smallest absolute Gasteiger partial charge is 0.141 e. The van der Waals surface area contributed by atoms with E-state index >= 15 is 0 Å². The molecular weight excluding hydrogens is 314 g/mol. The highest BCUT2D eigenvalue weighted by atomic mass is 16.5. The summed E-state index contributed by atoms with van der Waals surface area (Å²) < 4.78 is 5.41. The van der Waals surface area contributed by atoms with Crippen molar-refractivity contribution in [3.63, 3.8) is 0 Å². The number of rotatable bonds is 3. The van der Waals surface area contributed by atoms with Crippen LogP contribution in [0.2, 0.25) is 0 Å². The van der Waals surface area contributed by atoms with Gasteiger partial charge in [-0.2, -0.15) is 0 Å². The van der Waals surface area contributed by atoms with E-state index in [2.05, 4.69) is 45.3 Å². The lowest BCUT2D eigenvalue weighted by molar-refractivity contribution is 0.122. The second-order valence-electron chi connectivity index (χ2n) is 6.22. The minimum Gasteiger partial charge on any atom is -0.378 e.